The Balaban J connectivity index is 1.57. The molecule has 3 heterocycles. The molecule has 0 saturated carbocycles. The molecule has 2 saturated heterocycles. The molecule has 0 bridgehead atoms. The van der Waals surface area contributed by atoms with Crippen LogP contribution in [-0.2, 0) is 20.8 Å². The number of rotatable bonds is 5. The van der Waals surface area contributed by atoms with Crippen LogP contribution in [0.1, 0.15) is 28.9 Å². The predicted octanol–water partition coefficient (Wildman–Crippen LogP) is 0.703. The minimum absolute atomic E-state index is 0.0227. The van der Waals surface area contributed by atoms with Gasteiger partial charge in [0, 0.05) is 19.2 Å². The first-order chi connectivity index (χ1) is 14.9. The number of aromatic nitrogens is 1. The summed E-state index contributed by atoms with van der Waals surface area (Å²) in [6, 6.07) is 9.77. The third kappa shape index (κ3) is 3.35. The van der Waals surface area contributed by atoms with E-state index in [4.69, 9.17) is 5.73 Å². The van der Waals surface area contributed by atoms with E-state index < -0.39 is 35.1 Å². The van der Waals surface area contributed by atoms with Gasteiger partial charge in [-0.15, -0.1) is 0 Å². The maximum atomic E-state index is 13.1. The third-order valence-corrected chi connectivity index (χ3v) is 6.01. The summed E-state index contributed by atoms with van der Waals surface area (Å²) in [5, 5.41) is 0. The van der Waals surface area contributed by atoms with Crippen LogP contribution in [0.25, 0.3) is 0 Å². The van der Waals surface area contributed by atoms with Gasteiger partial charge in [-0.2, -0.15) is 0 Å². The number of carbonyl (C=O) groups excluding carboxylic acids is 4. The zero-order valence-corrected chi connectivity index (χ0v) is 16.7. The molecule has 1 aromatic heterocycles. The number of carbonyl (C=O) groups is 4. The second-order valence-electron chi connectivity index (χ2n) is 7.68. The number of Topliss-reactive ketones (excluding diaryl/α,β-unsaturated/α-hetero) is 1. The maximum absolute atomic E-state index is 13.1. The van der Waals surface area contributed by atoms with Crippen LogP contribution < -0.4 is 5.73 Å². The van der Waals surface area contributed by atoms with Gasteiger partial charge in [-0.05, 0) is 42.7 Å². The number of hydrogen-bond acceptors (Lipinski definition) is 5. The van der Waals surface area contributed by atoms with E-state index in [9.17, 15) is 23.6 Å². The molecule has 8 nitrogen and oxygen atoms in total. The molecule has 0 radical (unpaired) electrons. The van der Waals surface area contributed by atoms with Crippen molar-refractivity contribution in [3.8, 4) is 0 Å². The SMILES string of the molecule is NC(=O)C12C(=O)CN(C(=O)c3ccccn3)C1CCN2C(=O)CCc1ccc(F)cc1. The fourth-order valence-corrected chi connectivity index (χ4v) is 4.56. The van der Waals surface area contributed by atoms with Crippen LogP contribution >= 0.6 is 0 Å². The summed E-state index contributed by atoms with van der Waals surface area (Å²) in [6.45, 7) is -0.182. The summed E-state index contributed by atoms with van der Waals surface area (Å²) in [5.41, 5.74) is 4.70. The zero-order chi connectivity index (χ0) is 22.2. The maximum Gasteiger partial charge on any atom is 0.273 e. The first-order valence-corrected chi connectivity index (χ1v) is 9.96. The lowest BCUT2D eigenvalue weighted by atomic mass is 9.88. The highest BCUT2D eigenvalue weighted by Crippen LogP contribution is 2.40. The van der Waals surface area contributed by atoms with Crippen molar-refractivity contribution in [1.82, 2.24) is 14.8 Å². The summed E-state index contributed by atoms with van der Waals surface area (Å²) in [4.78, 5) is 58.1. The van der Waals surface area contributed by atoms with Crippen molar-refractivity contribution in [2.24, 2.45) is 5.73 Å². The molecule has 2 aromatic rings. The van der Waals surface area contributed by atoms with Gasteiger partial charge in [-0.1, -0.05) is 18.2 Å². The highest BCUT2D eigenvalue weighted by Gasteiger charge is 2.67. The lowest BCUT2D eigenvalue weighted by molar-refractivity contribution is -0.149. The van der Waals surface area contributed by atoms with Gasteiger partial charge in [0.25, 0.3) is 11.8 Å². The molecule has 4 rings (SSSR count). The number of ketones is 1. The standard InChI is InChI=1S/C22H21FN4O4/c23-15-7-4-14(5-8-15)6-9-19(29)27-12-10-17-22(27,21(24)31)18(28)13-26(17)20(30)16-3-1-2-11-25-16/h1-5,7-8,11,17H,6,9-10,12-13H2,(H2,24,31). The predicted molar refractivity (Wildman–Crippen MR) is 107 cm³/mol. The number of nitrogens with zero attached hydrogens (tertiary/aromatic N) is 3. The molecule has 2 aliphatic rings. The molecule has 2 atom stereocenters. The monoisotopic (exact) mass is 424 g/mol. The molecule has 160 valence electrons. The number of halogens is 1. The van der Waals surface area contributed by atoms with Crippen LogP contribution in [0.2, 0.25) is 0 Å². The van der Waals surface area contributed by atoms with Crippen LogP contribution in [0.15, 0.2) is 48.7 Å². The van der Waals surface area contributed by atoms with E-state index in [0.717, 1.165) is 5.56 Å². The number of amides is 3. The lowest BCUT2D eigenvalue weighted by Gasteiger charge is -2.34. The summed E-state index contributed by atoms with van der Waals surface area (Å²) in [6.07, 6.45) is 2.07. The van der Waals surface area contributed by atoms with E-state index in [1.165, 1.54) is 34.2 Å². The Morgan fingerprint density at radius 2 is 1.90 bits per heavy atom. The van der Waals surface area contributed by atoms with E-state index in [-0.39, 0.29) is 37.4 Å². The molecule has 2 fully saturated rings. The van der Waals surface area contributed by atoms with Gasteiger partial charge >= 0.3 is 0 Å². The Hall–Kier alpha value is -3.62. The van der Waals surface area contributed by atoms with Gasteiger partial charge in [-0.25, -0.2) is 4.39 Å². The number of hydrogen-bond donors (Lipinski definition) is 1. The van der Waals surface area contributed by atoms with Crippen molar-refractivity contribution in [1.29, 1.82) is 0 Å². The number of benzene rings is 1. The van der Waals surface area contributed by atoms with Crippen LogP contribution in [0, 0.1) is 5.82 Å². The van der Waals surface area contributed by atoms with Crippen molar-refractivity contribution in [3.05, 3.63) is 65.7 Å². The molecule has 0 spiro atoms. The van der Waals surface area contributed by atoms with Crippen molar-refractivity contribution < 1.29 is 23.6 Å². The van der Waals surface area contributed by atoms with E-state index in [1.807, 2.05) is 0 Å². The fourth-order valence-electron chi connectivity index (χ4n) is 4.56. The smallest absolute Gasteiger partial charge is 0.273 e. The minimum atomic E-state index is -1.87. The first kappa shape index (κ1) is 20.6. The zero-order valence-electron chi connectivity index (χ0n) is 16.7. The first-order valence-electron chi connectivity index (χ1n) is 9.96. The van der Waals surface area contributed by atoms with Gasteiger partial charge in [0.05, 0.1) is 12.6 Å². The summed E-state index contributed by atoms with van der Waals surface area (Å²) in [7, 11) is 0. The van der Waals surface area contributed by atoms with E-state index in [2.05, 4.69) is 4.98 Å². The summed E-state index contributed by atoms with van der Waals surface area (Å²) < 4.78 is 13.1. The van der Waals surface area contributed by atoms with Gasteiger partial charge < -0.3 is 15.5 Å². The molecule has 2 N–H and O–H groups in total. The van der Waals surface area contributed by atoms with Gasteiger partial charge in [0.2, 0.25) is 11.4 Å². The largest absolute Gasteiger partial charge is 0.367 e. The fraction of sp³-hybridized carbons (Fsp3) is 0.318. The van der Waals surface area contributed by atoms with Crippen molar-refractivity contribution in [2.75, 3.05) is 13.1 Å². The number of pyridine rings is 1. The summed E-state index contributed by atoms with van der Waals surface area (Å²) in [5.74, 6) is -2.78. The average molecular weight is 424 g/mol. The average Bonchev–Trinajstić information content (AvgIpc) is 3.30. The number of aryl methyl sites for hydroxylation is 1. The quantitative estimate of drug-likeness (QED) is 0.710. The molecular weight excluding hydrogens is 403 g/mol. The van der Waals surface area contributed by atoms with Gasteiger partial charge in [-0.3, -0.25) is 24.2 Å². The van der Waals surface area contributed by atoms with Crippen molar-refractivity contribution in [3.63, 3.8) is 0 Å². The van der Waals surface area contributed by atoms with E-state index in [1.54, 1.807) is 24.3 Å². The molecule has 0 aliphatic carbocycles. The van der Waals surface area contributed by atoms with E-state index in [0.29, 0.717) is 6.42 Å². The Bertz CT molecular complexity index is 1040. The Labute approximate surface area is 177 Å². The normalized spacial score (nSPS) is 22.5. The second kappa shape index (κ2) is 7.90. The number of nitrogens with two attached hydrogens (primary N) is 1. The minimum Gasteiger partial charge on any atom is -0.367 e. The lowest BCUT2D eigenvalue weighted by Crippen LogP contribution is -2.64. The molecule has 3 amide bonds. The van der Waals surface area contributed by atoms with Crippen molar-refractivity contribution >= 4 is 23.5 Å². The Morgan fingerprint density at radius 3 is 2.55 bits per heavy atom. The van der Waals surface area contributed by atoms with Crippen LogP contribution in [0.4, 0.5) is 4.39 Å². The molecule has 9 heteroatoms. The number of primary amides is 1. The Kier molecular flexibility index (Phi) is 5.26. The van der Waals surface area contributed by atoms with Crippen LogP contribution in [-0.4, -0.2) is 63.0 Å². The Morgan fingerprint density at radius 1 is 1.16 bits per heavy atom. The van der Waals surface area contributed by atoms with Gasteiger partial charge in [0.15, 0.2) is 5.78 Å². The third-order valence-electron chi connectivity index (χ3n) is 6.01. The topological polar surface area (TPSA) is 114 Å². The summed E-state index contributed by atoms with van der Waals surface area (Å²) >= 11 is 0. The molecule has 31 heavy (non-hydrogen) atoms. The highest BCUT2D eigenvalue weighted by atomic mass is 19.1. The molecule has 2 unspecified atom stereocenters. The number of likely N-dealkylation sites (tertiary alicyclic amines) is 2. The van der Waals surface area contributed by atoms with E-state index >= 15 is 0 Å². The van der Waals surface area contributed by atoms with Gasteiger partial charge in [0.1, 0.15) is 11.5 Å². The molecule has 2 aliphatic heterocycles. The van der Waals surface area contributed by atoms with Crippen molar-refractivity contribution in [2.45, 2.75) is 30.8 Å². The molecular formula is C22H21FN4O4. The van der Waals surface area contributed by atoms with Crippen LogP contribution in [0.5, 0.6) is 0 Å². The highest BCUT2D eigenvalue weighted by molar-refractivity contribution is 6.18. The second-order valence-corrected chi connectivity index (χ2v) is 7.68. The van der Waals surface area contributed by atoms with Crippen LogP contribution in [0.3, 0.4) is 0 Å². The number of fused-ring (bicyclic) bond motifs is 1. The molecule has 1 aromatic carbocycles.